The molecule has 0 bridgehead atoms. The van der Waals surface area contributed by atoms with Crippen LogP contribution in [-0.2, 0) is 14.8 Å². The second-order valence-corrected chi connectivity index (χ2v) is 8.62. The van der Waals surface area contributed by atoms with Gasteiger partial charge in [-0.3, -0.25) is 9.69 Å². The zero-order valence-electron chi connectivity index (χ0n) is 14.6. The number of sulfonamides is 1. The topological polar surface area (TPSA) is 99.7 Å². The summed E-state index contributed by atoms with van der Waals surface area (Å²) < 4.78 is 40.0. The predicted octanol–water partition coefficient (Wildman–Crippen LogP) is 3.06. The van der Waals surface area contributed by atoms with Gasteiger partial charge in [0.05, 0.1) is 11.4 Å². The number of halogens is 1. The minimum absolute atomic E-state index is 0.0313. The molecular formula is C18H13FN4O4S2. The number of benzene rings is 2. The van der Waals surface area contributed by atoms with Crippen molar-refractivity contribution in [2.75, 3.05) is 21.1 Å². The molecule has 1 aliphatic heterocycles. The van der Waals surface area contributed by atoms with Crippen molar-refractivity contribution >= 4 is 49.8 Å². The van der Waals surface area contributed by atoms with E-state index in [1.165, 1.54) is 47.9 Å². The van der Waals surface area contributed by atoms with Gasteiger partial charge in [0.15, 0.2) is 5.13 Å². The van der Waals surface area contributed by atoms with Crippen LogP contribution in [0.2, 0.25) is 0 Å². The molecule has 1 N–H and O–H groups in total. The average molecular weight is 432 g/mol. The number of thiazole rings is 1. The first-order chi connectivity index (χ1) is 13.9. The van der Waals surface area contributed by atoms with Crippen LogP contribution in [0, 0.1) is 5.82 Å². The molecule has 1 aliphatic rings. The lowest BCUT2D eigenvalue weighted by Crippen LogP contribution is -2.53. The number of carbonyl (C=O) groups is 2. The number of nitrogens with one attached hydrogen (secondary N) is 1. The molecular weight excluding hydrogens is 419 g/mol. The van der Waals surface area contributed by atoms with Crippen molar-refractivity contribution in [3.05, 3.63) is 65.9 Å². The minimum Gasteiger partial charge on any atom is -0.300 e. The van der Waals surface area contributed by atoms with Crippen molar-refractivity contribution in [1.82, 2.24) is 4.98 Å². The molecule has 3 aromatic rings. The molecule has 0 spiro atoms. The van der Waals surface area contributed by atoms with Crippen molar-refractivity contribution in [1.29, 1.82) is 0 Å². The lowest BCUT2D eigenvalue weighted by atomic mass is 10.2. The summed E-state index contributed by atoms with van der Waals surface area (Å²) in [6.45, 7) is -0.428. The molecule has 0 fully saturated rings. The molecule has 29 heavy (non-hydrogen) atoms. The highest BCUT2D eigenvalue weighted by Gasteiger charge is 2.43. The number of fused-ring (bicyclic) bond motifs is 1. The van der Waals surface area contributed by atoms with Crippen LogP contribution in [0.3, 0.4) is 0 Å². The summed E-state index contributed by atoms with van der Waals surface area (Å²) in [4.78, 5) is 30.4. The van der Waals surface area contributed by atoms with E-state index < -0.39 is 34.3 Å². The molecule has 4 rings (SSSR count). The van der Waals surface area contributed by atoms with Gasteiger partial charge in [0, 0.05) is 11.6 Å². The quantitative estimate of drug-likeness (QED) is 0.683. The number of para-hydroxylation sites is 1. The van der Waals surface area contributed by atoms with E-state index in [-0.39, 0.29) is 16.3 Å². The van der Waals surface area contributed by atoms with Crippen LogP contribution in [0.1, 0.15) is 0 Å². The molecule has 2 heterocycles. The number of rotatable bonds is 4. The van der Waals surface area contributed by atoms with Gasteiger partial charge < -0.3 is 5.32 Å². The van der Waals surface area contributed by atoms with Crippen molar-refractivity contribution in [2.24, 2.45) is 0 Å². The van der Waals surface area contributed by atoms with E-state index in [1.54, 1.807) is 11.4 Å². The average Bonchev–Trinajstić information content (AvgIpc) is 3.19. The van der Waals surface area contributed by atoms with Crippen LogP contribution in [0.15, 0.2) is 65.0 Å². The molecule has 0 radical (unpaired) electrons. The maximum absolute atomic E-state index is 13.3. The van der Waals surface area contributed by atoms with Crippen molar-refractivity contribution < 1.29 is 22.4 Å². The Kier molecular flexibility index (Phi) is 4.76. The Morgan fingerprint density at radius 3 is 2.55 bits per heavy atom. The van der Waals surface area contributed by atoms with Gasteiger partial charge in [-0.05, 0) is 36.4 Å². The molecule has 0 saturated heterocycles. The van der Waals surface area contributed by atoms with E-state index in [4.69, 9.17) is 0 Å². The molecule has 0 saturated carbocycles. The fourth-order valence-corrected chi connectivity index (χ4v) is 5.02. The number of nitrogens with zero attached hydrogens (tertiary/aromatic N) is 3. The zero-order valence-corrected chi connectivity index (χ0v) is 16.3. The van der Waals surface area contributed by atoms with E-state index in [0.29, 0.717) is 9.44 Å². The Balaban J connectivity index is 1.75. The smallest absolute Gasteiger partial charge is 0.300 e. The first-order valence-corrected chi connectivity index (χ1v) is 10.6. The van der Waals surface area contributed by atoms with Crippen molar-refractivity contribution in [3.8, 4) is 0 Å². The van der Waals surface area contributed by atoms with Crippen LogP contribution in [0.25, 0.3) is 0 Å². The van der Waals surface area contributed by atoms with Crippen LogP contribution in [0.4, 0.5) is 25.7 Å². The zero-order chi connectivity index (χ0) is 20.6. The minimum atomic E-state index is -4.24. The fourth-order valence-electron chi connectivity index (χ4n) is 2.88. The molecule has 148 valence electrons. The van der Waals surface area contributed by atoms with E-state index in [0.717, 1.165) is 17.0 Å². The Morgan fingerprint density at radius 1 is 1.14 bits per heavy atom. The Bertz CT molecular complexity index is 1180. The second kappa shape index (κ2) is 7.26. The van der Waals surface area contributed by atoms with E-state index in [1.807, 2.05) is 0 Å². The van der Waals surface area contributed by atoms with Crippen LogP contribution < -0.4 is 14.5 Å². The number of amides is 3. The lowest BCUT2D eigenvalue weighted by Gasteiger charge is -2.35. The van der Waals surface area contributed by atoms with E-state index in [9.17, 15) is 22.4 Å². The Morgan fingerprint density at radius 2 is 1.86 bits per heavy atom. The largest absolute Gasteiger partial charge is 0.343 e. The van der Waals surface area contributed by atoms with Crippen LogP contribution >= 0.6 is 11.3 Å². The second-order valence-electron chi connectivity index (χ2n) is 5.97. The highest BCUT2D eigenvalue weighted by molar-refractivity contribution is 7.94. The maximum atomic E-state index is 13.3. The van der Waals surface area contributed by atoms with E-state index >= 15 is 0 Å². The molecule has 0 unspecified atom stereocenters. The molecule has 3 amide bonds. The van der Waals surface area contributed by atoms with Gasteiger partial charge in [-0.2, -0.15) is 4.31 Å². The SMILES string of the molecule is O=C(CN1C(=O)N(c2ccc(F)cc2)S(=O)(=O)c2ccccc21)Nc1nccs1. The van der Waals surface area contributed by atoms with Gasteiger partial charge in [-0.25, -0.2) is 22.6 Å². The third-order valence-electron chi connectivity index (χ3n) is 4.12. The number of urea groups is 1. The summed E-state index contributed by atoms with van der Waals surface area (Å²) in [6, 6.07) is 9.42. The standard InChI is InChI=1S/C18H13FN4O4S2/c19-12-5-7-13(8-6-12)23-18(25)22(11-16(24)21-17-20-9-10-28-17)14-3-1-2-4-15(14)29(23,26)27/h1-10H,11H2,(H,20,21,24). The first kappa shape index (κ1) is 19.0. The monoisotopic (exact) mass is 432 g/mol. The number of hydrogen-bond donors (Lipinski definition) is 1. The predicted molar refractivity (Wildman–Crippen MR) is 106 cm³/mol. The summed E-state index contributed by atoms with van der Waals surface area (Å²) in [7, 11) is -4.24. The van der Waals surface area contributed by atoms with Crippen LogP contribution in [0.5, 0.6) is 0 Å². The Hall–Kier alpha value is -3.31. The normalized spacial score (nSPS) is 15.1. The summed E-state index contributed by atoms with van der Waals surface area (Å²) in [6.07, 6.45) is 1.52. The highest BCUT2D eigenvalue weighted by atomic mass is 32.2. The van der Waals surface area contributed by atoms with Crippen LogP contribution in [-0.4, -0.2) is 31.9 Å². The van der Waals surface area contributed by atoms with Crippen molar-refractivity contribution in [3.63, 3.8) is 0 Å². The number of hydrogen-bond acceptors (Lipinski definition) is 6. The molecule has 0 atom stereocenters. The van der Waals surface area contributed by atoms with E-state index in [2.05, 4.69) is 10.3 Å². The number of aromatic nitrogens is 1. The fraction of sp³-hybridized carbons (Fsp3) is 0.0556. The summed E-state index contributed by atoms with van der Waals surface area (Å²) >= 11 is 1.21. The lowest BCUT2D eigenvalue weighted by molar-refractivity contribution is -0.114. The Labute approximate surface area is 169 Å². The third kappa shape index (κ3) is 3.45. The first-order valence-electron chi connectivity index (χ1n) is 8.29. The van der Waals surface area contributed by atoms with Gasteiger partial charge in [-0.15, -0.1) is 11.3 Å². The van der Waals surface area contributed by atoms with Gasteiger partial charge in [0.2, 0.25) is 5.91 Å². The van der Waals surface area contributed by atoms with Gasteiger partial charge in [0.1, 0.15) is 17.3 Å². The molecule has 0 aliphatic carbocycles. The molecule has 1 aromatic heterocycles. The summed E-state index contributed by atoms with van der Waals surface area (Å²) in [5, 5.41) is 4.60. The van der Waals surface area contributed by atoms with Gasteiger partial charge in [-0.1, -0.05) is 12.1 Å². The number of anilines is 3. The number of carbonyl (C=O) groups excluding carboxylic acids is 2. The van der Waals surface area contributed by atoms with Crippen molar-refractivity contribution in [2.45, 2.75) is 4.90 Å². The molecule has 2 aromatic carbocycles. The van der Waals surface area contributed by atoms with Gasteiger partial charge >= 0.3 is 6.03 Å². The highest BCUT2D eigenvalue weighted by Crippen LogP contribution is 2.37. The molecule has 11 heteroatoms. The maximum Gasteiger partial charge on any atom is 0.343 e. The summed E-state index contributed by atoms with van der Waals surface area (Å²) in [5.41, 5.74) is 0.0568. The third-order valence-corrected chi connectivity index (χ3v) is 6.56. The van der Waals surface area contributed by atoms with Gasteiger partial charge in [0.25, 0.3) is 10.0 Å². The molecule has 8 nitrogen and oxygen atoms in total. The summed E-state index contributed by atoms with van der Waals surface area (Å²) in [5.74, 6) is -1.11.